The van der Waals surface area contributed by atoms with Crippen molar-refractivity contribution < 1.29 is 9.90 Å². The SMILES string of the molecule is NNc1ncccc1C(=O)[O-]. The molecule has 0 saturated carbocycles. The fourth-order valence-electron chi connectivity index (χ4n) is 0.685. The standard InChI is InChI=1S/C6H7N3O2/c7-9-5-4(6(10)11)2-1-3-8-5/h1-3H,7H2,(H,8,9)(H,10,11)/p-1. The number of nitrogens with zero attached hydrogens (tertiary/aromatic N) is 1. The fraction of sp³-hybridized carbons (Fsp3) is 0. The first-order valence-electron chi connectivity index (χ1n) is 2.88. The summed E-state index contributed by atoms with van der Waals surface area (Å²) in [4.78, 5) is 14.0. The van der Waals surface area contributed by atoms with Crippen LogP contribution in [0.2, 0.25) is 0 Å². The highest BCUT2D eigenvalue weighted by Gasteiger charge is 1.99. The number of hydrogen-bond acceptors (Lipinski definition) is 5. The average molecular weight is 152 g/mol. The third-order valence-corrected chi connectivity index (χ3v) is 1.16. The largest absolute Gasteiger partial charge is 0.545 e. The normalized spacial score (nSPS) is 9.18. The van der Waals surface area contributed by atoms with E-state index in [4.69, 9.17) is 5.84 Å². The summed E-state index contributed by atoms with van der Waals surface area (Å²) >= 11 is 0. The number of carboxylic acid groups (broad SMARTS) is 1. The number of carbonyl (C=O) groups excluding carboxylic acids is 1. The highest BCUT2D eigenvalue weighted by atomic mass is 16.4. The summed E-state index contributed by atoms with van der Waals surface area (Å²) in [5.41, 5.74) is 2.10. The Morgan fingerprint density at radius 2 is 2.45 bits per heavy atom. The lowest BCUT2D eigenvalue weighted by atomic mass is 10.2. The van der Waals surface area contributed by atoms with Gasteiger partial charge in [0.2, 0.25) is 0 Å². The molecule has 0 aliphatic rings. The number of nitrogen functional groups attached to an aromatic ring is 1. The monoisotopic (exact) mass is 152 g/mol. The molecular weight excluding hydrogens is 146 g/mol. The molecule has 0 radical (unpaired) electrons. The average Bonchev–Trinajstić information content (AvgIpc) is 2.04. The van der Waals surface area contributed by atoms with Crippen molar-refractivity contribution in [3.05, 3.63) is 23.9 Å². The number of hydrogen-bond donors (Lipinski definition) is 2. The van der Waals surface area contributed by atoms with Crippen molar-refractivity contribution in [2.75, 3.05) is 5.43 Å². The van der Waals surface area contributed by atoms with Crippen molar-refractivity contribution in [1.82, 2.24) is 4.98 Å². The van der Waals surface area contributed by atoms with Crippen molar-refractivity contribution in [3.8, 4) is 0 Å². The predicted octanol–water partition coefficient (Wildman–Crippen LogP) is -1.27. The Labute approximate surface area is 62.8 Å². The van der Waals surface area contributed by atoms with E-state index in [0.717, 1.165) is 0 Å². The maximum absolute atomic E-state index is 10.3. The summed E-state index contributed by atoms with van der Waals surface area (Å²) in [6.45, 7) is 0. The first-order valence-corrected chi connectivity index (χ1v) is 2.88. The number of carboxylic acids is 1. The molecule has 1 aromatic rings. The van der Waals surface area contributed by atoms with Crippen molar-refractivity contribution >= 4 is 11.8 Å². The van der Waals surface area contributed by atoms with E-state index in [0.29, 0.717) is 0 Å². The Morgan fingerprint density at radius 1 is 1.73 bits per heavy atom. The van der Waals surface area contributed by atoms with Gasteiger partial charge in [-0.1, -0.05) is 0 Å². The number of rotatable bonds is 2. The zero-order chi connectivity index (χ0) is 8.27. The molecule has 58 valence electrons. The van der Waals surface area contributed by atoms with Crippen LogP contribution in [-0.4, -0.2) is 11.0 Å². The minimum Gasteiger partial charge on any atom is -0.545 e. The predicted molar refractivity (Wildman–Crippen MR) is 36.4 cm³/mol. The van der Waals surface area contributed by atoms with E-state index in [2.05, 4.69) is 10.4 Å². The molecule has 11 heavy (non-hydrogen) atoms. The number of pyridine rings is 1. The van der Waals surface area contributed by atoms with Crippen LogP contribution in [0.25, 0.3) is 0 Å². The lowest BCUT2D eigenvalue weighted by Gasteiger charge is -2.06. The van der Waals surface area contributed by atoms with E-state index >= 15 is 0 Å². The molecule has 0 bridgehead atoms. The van der Waals surface area contributed by atoms with Crippen LogP contribution in [0.3, 0.4) is 0 Å². The fourth-order valence-corrected chi connectivity index (χ4v) is 0.685. The highest BCUT2D eigenvalue weighted by Crippen LogP contribution is 2.07. The molecule has 1 heterocycles. The van der Waals surface area contributed by atoms with Gasteiger partial charge in [-0.25, -0.2) is 10.8 Å². The van der Waals surface area contributed by atoms with Crippen LogP contribution >= 0.6 is 0 Å². The van der Waals surface area contributed by atoms with E-state index in [1.165, 1.54) is 18.3 Å². The molecule has 1 aromatic heterocycles. The van der Waals surface area contributed by atoms with Gasteiger partial charge < -0.3 is 15.3 Å². The Hall–Kier alpha value is -1.62. The van der Waals surface area contributed by atoms with Gasteiger partial charge in [-0.2, -0.15) is 0 Å². The molecule has 3 N–H and O–H groups in total. The molecule has 5 heteroatoms. The van der Waals surface area contributed by atoms with E-state index in [1.807, 2.05) is 0 Å². The first kappa shape index (κ1) is 7.49. The van der Waals surface area contributed by atoms with E-state index in [9.17, 15) is 9.90 Å². The second-order valence-electron chi connectivity index (χ2n) is 1.83. The highest BCUT2D eigenvalue weighted by molar-refractivity contribution is 5.91. The topological polar surface area (TPSA) is 91.1 Å². The number of nitrogens with one attached hydrogen (secondary N) is 1. The molecule has 0 atom stereocenters. The van der Waals surface area contributed by atoms with Gasteiger partial charge in [-0.15, -0.1) is 0 Å². The summed E-state index contributed by atoms with van der Waals surface area (Å²) < 4.78 is 0. The van der Waals surface area contributed by atoms with Crippen LogP contribution in [0.15, 0.2) is 18.3 Å². The van der Waals surface area contributed by atoms with Gasteiger partial charge in [0.1, 0.15) is 5.82 Å². The molecular formula is C6H6N3O2-. The molecule has 0 aromatic carbocycles. The Morgan fingerprint density at radius 3 is 2.91 bits per heavy atom. The van der Waals surface area contributed by atoms with Crippen LogP contribution < -0.4 is 16.4 Å². The molecule has 1 rings (SSSR count). The van der Waals surface area contributed by atoms with Crippen LogP contribution in [-0.2, 0) is 0 Å². The van der Waals surface area contributed by atoms with Crippen LogP contribution in [0, 0.1) is 0 Å². The zero-order valence-electron chi connectivity index (χ0n) is 5.57. The summed E-state index contributed by atoms with van der Waals surface area (Å²) in [6, 6.07) is 2.85. The smallest absolute Gasteiger partial charge is 0.149 e. The van der Waals surface area contributed by atoms with Crippen molar-refractivity contribution in [1.29, 1.82) is 0 Å². The van der Waals surface area contributed by atoms with Crippen LogP contribution in [0.4, 0.5) is 5.82 Å². The quantitative estimate of drug-likeness (QED) is 0.407. The van der Waals surface area contributed by atoms with Gasteiger partial charge in [0, 0.05) is 11.8 Å². The maximum atomic E-state index is 10.3. The third-order valence-electron chi connectivity index (χ3n) is 1.16. The lowest BCUT2D eigenvalue weighted by Crippen LogP contribution is -2.25. The number of aromatic nitrogens is 1. The van der Waals surface area contributed by atoms with E-state index in [1.54, 1.807) is 0 Å². The summed E-state index contributed by atoms with van der Waals surface area (Å²) in [5.74, 6) is 3.79. The van der Waals surface area contributed by atoms with E-state index < -0.39 is 5.97 Å². The number of hydrazine groups is 1. The van der Waals surface area contributed by atoms with Gasteiger partial charge in [0.15, 0.2) is 0 Å². The number of carbonyl (C=O) groups is 1. The zero-order valence-corrected chi connectivity index (χ0v) is 5.57. The summed E-state index contributed by atoms with van der Waals surface area (Å²) in [6.07, 6.45) is 1.43. The van der Waals surface area contributed by atoms with Gasteiger partial charge in [0.05, 0.1) is 5.97 Å². The van der Waals surface area contributed by atoms with Crippen LogP contribution in [0.5, 0.6) is 0 Å². The Kier molecular flexibility index (Phi) is 2.03. The third kappa shape index (κ3) is 1.44. The van der Waals surface area contributed by atoms with Crippen molar-refractivity contribution in [2.24, 2.45) is 5.84 Å². The maximum Gasteiger partial charge on any atom is 0.149 e. The molecule has 5 nitrogen and oxygen atoms in total. The lowest BCUT2D eigenvalue weighted by molar-refractivity contribution is -0.254. The molecule has 0 spiro atoms. The summed E-state index contributed by atoms with van der Waals surface area (Å²) in [5, 5.41) is 10.3. The molecule has 0 aliphatic carbocycles. The Bertz CT molecular complexity index is 274. The van der Waals surface area contributed by atoms with Gasteiger partial charge in [0.25, 0.3) is 0 Å². The molecule has 0 amide bonds. The van der Waals surface area contributed by atoms with Gasteiger partial charge in [-0.3, -0.25) is 0 Å². The Balaban J connectivity index is 3.12. The molecule has 0 saturated heterocycles. The van der Waals surface area contributed by atoms with Gasteiger partial charge in [-0.05, 0) is 12.1 Å². The molecule has 0 aliphatic heterocycles. The van der Waals surface area contributed by atoms with Crippen molar-refractivity contribution in [3.63, 3.8) is 0 Å². The molecule has 0 fully saturated rings. The minimum absolute atomic E-state index is 0.0463. The number of nitrogens with two attached hydrogens (primary N) is 1. The number of aromatic carboxylic acids is 1. The first-order chi connectivity index (χ1) is 5.25. The second kappa shape index (κ2) is 2.98. The molecule has 0 unspecified atom stereocenters. The van der Waals surface area contributed by atoms with Crippen molar-refractivity contribution in [2.45, 2.75) is 0 Å². The summed E-state index contributed by atoms with van der Waals surface area (Å²) in [7, 11) is 0. The minimum atomic E-state index is -1.30. The van der Waals surface area contributed by atoms with Crippen LogP contribution in [0.1, 0.15) is 10.4 Å². The van der Waals surface area contributed by atoms with E-state index in [-0.39, 0.29) is 11.4 Å². The van der Waals surface area contributed by atoms with Gasteiger partial charge >= 0.3 is 0 Å². The second-order valence-corrected chi connectivity index (χ2v) is 1.83. The number of anilines is 1.